The normalized spacial score (nSPS) is 12.7. The highest BCUT2D eigenvalue weighted by atomic mass is 19.2. The molecule has 0 saturated heterocycles. The lowest BCUT2D eigenvalue weighted by atomic mass is 9.98. The molecule has 0 aliphatic heterocycles. The summed E-state index contributed by atoms with van der Waals surface area (Å²) < 4.78 is 33.0. The zero-order valence-corrected chi connectivity index (χ0v) is 12.0. The van der Waals surface area contributed by atoms with Gasteiger partial charge < -0.3 is 9.73 Å². The average Bonchev–Trinajstić information content (AvgIpc) is 2.74. The minimum Gasteiger partial charge on any atom is -0.466 e. The maximum Gasteiger partial charge on any atom is 0.163 e. The predicted octanol–water partition coefficient (Wildman–Crippen LogP) is 4.26. The molecule has 2 rings (SSSR count). The summed E-state index contributed by atoms with van der Waals surface area (Å²) in [6.07, 6.45) is 0.906. The maximum atomic E-state index is 14.1. The quantitative estimate of drug-likeness (QED) is 0.884. The van der Waals surface area contributed by atoms with Gasteiger partial charge in [-0.25, -0.2) is 8.78 Å². The zero-order valence-electron chi connectivity index (χ0n) is 12.0. The Morgan fingerprint density at radius 1 is 1.20 bits per heavy atom. The number of rotatable bonds is 5. The van der Waals surface area contributed by atoms with Crippen molar-refractivity contribution >= 4 is 0 Å². The first kappa shape index (κ1) is 14.7. The minimum atomic E-state index is -0.830. The van der Waals surface area contributed by atoms with E-state index in [1.807, 2.05) is 26.8 Å². The largest absolute Gasteiger partial charge is 0.466 e. The highest BCUT2D eigenvalue weighted by Crippen LogP contribution is 2.29. The van der Waals surface area contributed by atoms with Gasteiger partial charge in [-0.05, 0) is 38.9 Å². The van der Waals surface area contributed by atoms with Gasteiger partial charge in [0.25, 0.3) is 0 Å². The molecule has 20 heavy (non-hydrogen) atoms. The van der Waals surface area contributed by atoms with Gasteiger partial charge in [0.05, 0.1) is 6.04 Å². The molecule has 0 radical (unpaired) electrons. The number of hydrogen-bond acceptors (Lipinski definition) is 2. The van der Waals surface area contributed by atoms with Gasteiger partial charge in [-0.15, -0.1) is 0 Å². The third kappa shape index (κ3) is 2.90. The first-order valence-corrected chi connectivity index (χ1v) is 6.78. The van der Waals surface area contributed by atoms with Crippen molar-refractivity contribution < 1.29 is 13.2 Å². The number of nitrogens with one attached hydrogen (secondary N) is 1. The molecule has 0 aliphatic rings. The third-order valence-electron chi connectivity index (χ3n) is 3.28. The summed E-state index contributed by atoms with van der Waals surface area (Å²) in [5, 5.41) is 3.26. The Hall–Kier alpha value is -1.68. The van der Waals surface area contributed by atoms with Crippen LogP contribution >= 0.6 is 0 Å². The SMILES string of the molecule is CCCNC(c1cc(C)oc1C)c1cccc(F)c1F. The lowest BCUT2D eigenvalue weighted by Gasteiger charge is -2.19. The summed E-state index contributed by atoms with van der Waals surface area (Å²) in [6.45, 7) is 6.42. The summed E-state index contributed by atoms with van der Waals surface area (Å²) in [6, 6.07) is 5.73. The van der Waals surface area contributed by atoms with Crippen LogP contribution in [0.15, 0.2) is 28.7 Å². The van der Waals surface area contributed by atoms with Crippen LogP contribution in [-0.2, 0) is 0 Å². The van der Waals surface area contributed by atoms with Crippen LogP contribution in [0.4, 0.5) is 8.78 Å². The Balaban J connectivity index is 2.47. The number of hydrogen-bond donors (Lipinski definition) is 1. The molecule has 4 heteroatoms. The fourth-order valence-corrected chi connectivity index (χ4v) is 2.36. The van der Waals surface area contributed by atoms with Gasteiger partial charge in [-0.3, -0.25) is 0 Å². The van der Waals surface area contributed by atoms with Crippen molar-refractivity contribution in [3.8, 4) is 0 Å². The van der Waals surface area contributed by atoms with Crippen LogP contribution in [0.3, 0.4) is 0 Å². The summed E-state index contributed by atoms with van der Waals surface area (Å²) in [7, 11) is 0. The fraction of sp³-hybridized carbons (Fsp3) is 0.375. The topological polar surface area (TPSA) is 25.2 Å². The molecule has 1 atom stereocenters. The molecule has 108 valence electrons. The van der Waals surface area contributed by atoms with E-state index in [0.717, 1.165) is 29.6 Å². The van der Waals surface area contributed by atoms with Crippen molar-refractivity contribution in [1.29, 1.82) is 0 Å². The number of benzene rings is 1. The number of halogens is 2. The number of aryl methyl sites for hydroxylation is 2. The number of furan rings is 1. The van der Waals surface area contributed by atoms with Crippen molar-refractivity contribution in [3.63, 3.8) is 0 Å². The smallest absolute Gasteiger partial charge is 0.163 e. The summed E-state index contributed by atoms with van der Waals surface area (Å²) in [5.74, 6) is -0.152. The molecular weight excluding hydrogens is 260 g/mol. The highest BCUT2D eigenvalue weighted by molar-refractivity contribution is 5.35. The van der Waals surface area contributed by atoms with Crippen molar-refractivity contribution in [2.75, 3.05) is 6.54 Å². The molecule has 1 aromatic heterocycles. The second-order valence-corrected chi connectivity index (χ2v) is 4.90. The molecule has 0 bridgehead atoms. The van der Waals surface area contributed by atoms with Crippen LogP contribution in [-0.4, -0.2) is 6.54 Å². The monoisotopic (exact) mass is 279 g/mol. The molecule has 1 unspecified atom stereocenters. The third-order valence-corrected chi connectivity index (χ3v) is 3.28. The Morgan fingerprint density at radius 3 is 2.55 bits per heavy atom. The highest BCUT2D eigenvalue weighted by Gasteiger charge is 2.23. The molecule has 0 amide bonds. The van der Waals surface area contributed by atoms with E-state index >= 15 is 0 Å². The van der Waals surface area contributed by atoms with Gasteiger partial charge in [-0.2, -0.15) is 0 Å². The molecule has 0 spiro atoms. The summed E-state index contributed by atoms with van der Waals surface area (Å²) in [4.78, 5) is 0. The molecular formula is C16H19F2NO. The minimum absolute atomic E-state index is 0.308. The molecule has 2 nitrogen and oxygen atoms in total. The van der Waals surface area contributed by atoms with Gasteiger partial charge in [0, 0.05) is 11.1 Å². The van der Waals surface area contributed by atoms with Gasteiger partial charge in [0.1, 0.15) is 11.5 Å². The lowest BCUT2D eigenvalue weighted by Crippen LogP contribution is -2.24. The van der Waals surface area contributed by atoms with Crippen LogP contribution in [0.1, 0.15) is 42.0 Å². The molecule has 1 aromatic carbocycles. The lowest BCUT2D eigenvalue weighted by molar-refractivity contribution is 0.471. The zero-order chi connectivity index (χ0) is 14.7. The summed E-state index contributed by atoms with van der Waals surface area (Å²) >= 11 is 0. The Morgan fingerprint density at radius 2 is 1.95 bits per heavy atom. The predicted molar refractivity (Wildman–Crippen MR) is 74.7 cm³/mol. The van der Waals surface area contributed by atoms with Gasteiger partial charge in [0.2, 0.25) is 0 Å². The van der Waals surface area contributed by atoms with E-state index in [2.05, 4.69) is 5.32 Å². The standard InChI is InChI=1S/C16H19F2NO/c1-4-8-19-16(13-9-10(2)20-11(13)3)12-6-5-7-14(17)15(12)18/h5-7,9,16,19H,4,8H2,1-3H3. The van der Waals surface area contributed by atoms with E-state index in [1.165, 1.54) is 6.07 Å². The molecule has 0 saturated carbocycles. The average molecular weight is 279 g/mol. The molecule has 1 N–H and O–H groups in total. The van der Waals surface area contributed by atoms with Crippen molar-refractivity contribution in [2.24, 2.45) is 0 Å². The van der Waals surface area contributed by atoms with E-state index in [1.54, 1.807) is 6.07 Å². The van der Waals surface area contributed by atoms with E-state index in [4.69, 9.17) is 4.42 Å². The van der Waals surface area contributed by atoms with Gasteiger partial charge in [-0.1, -0.05) is 19.1 Å². The van der Waals surface area contributed by atoms with E-state index < -0.39 is 17.7 Å². The van der Waals surface area contributed by atoms with Gasteiger partial charge >= 0.3 is 0 Å². The maximum absolute atomic E-state index is 14.1. The van der Waals surface area contributed by atoms with Gasteiger partial charge in [0.15, 0.2) is 11.6 Å². The fourth-order valence-electron chi connectivity index (χ4n) is 2.36. The van der Waals surface area contributed by atoms with Crippen molar-refractivity contribution in [1.82, 2.24) is 5.32 Å². The van der Waals surface area contributed by atoms with E-state index in [0.29, 0.717) is 12.1 Å². The second-order valence-electron chi connectivity index (χ2n) is 4.90. The van der Waals surface area contributed by atoms with Crippen LogP contribution in [0.2, 0.25) is 0 Å². The molecule has 0 aliphatic carbocycles. The van der Waals surface area contributed by atoms with E-state index in [9.17, 15) is 8.78 Å². The molecule has 1 heterocycles. The van der Waals surface area contributed by atoms with Crippen molar-refractivity contribution in [2.45, 2.75) is 33.2 Å². The van der Waals surface area contributed by atoms with Crippen LogP contribution in [0, 0.1) is 25.5 Å². The Labute approximate surface area is 117 Å². The first-order valence-electron chi connectivity index (χ1n) is 6.78. The summed E-state index contributed by atoms with van der Waals surface area (Å²) in [5.41, 5.74) is 1.16. The molecule has 2 aromatic rings. The van der Waals surface area contributed by atoms with E-state index in [-0.39, 0.29) is 0 Å². The second kappa shape index (κ2) is 6.18. The van der Waals surface area contributed by atoms with Crippen molar-refractivity contribution in [3.05, 3.63) is 58.5 Å². The van der Waals surface area contributed by atoms with Crippen LogP contribution in [0.5, 0.6) is 0 Å². The first-order chi connectivity index (χ1) is 9.54. The molecule has 0 fully saturated rings. The van der Waals surface area contributed by atoms with Crippen LogP contribution in [0.25, 0.3) is 0 Å². The Bertz CT molecular complexity index is 592. The van der Waals surface area contributed by atoms with Crippen LogP contribution < -0.4 is 5.32 Å². The Kier molecular flexibility index (Phi) is 4.55.